The van der Waals surface area contributed by atoms with Crippen LogP contribution in [-0.2, 0) is 17.9 Å². The van der Waals surface area contributed by atoms with Crippen molar-refractivity contribution in [1.82, 2.24) is 9.88 Å². The van der Waals surface area contributed by atoms with E-state index in [-0.39, 0.29) is 11.9 Å². The molecule has 2 aromatic rings. The van der Waals surface area contributed by atoms with Crippen LogP contribution in [0, 0.1) is 5.82 Å². The smallest absolute Gasteiger partial charge is 0.128 e. The molecule has 0 aliphatic carbocycles. The first kappa shape index (κ1) is 15.9. The lowest BCUT2D eigenvalue weighted by Crippen LogP contribution is -2.39. The van der Waals surface area contributed by atoms with Gasteiger partial charge in [-0.2, -0.15) is 0 Å². The van der Waals surface area contributed by atoms with Crippen molar-refractivity contribution >= 4 is 5.82 Å². The Bertz CT molecular complexity index is 650. The molecule has 0 radical (unpaired) electrons. The summed E-state index contributed by atoms with van der Waals surface area (Å²) < 4.78 is 19.6. The molecule has 1 aliphatic heterocycles. The van der Waals surface area contributed by atoms with Crippen molar-refractivity contribution in [3.8, 4) is 0 Å². The molecular formula is C18H22FN3O. The van der Waals surface area contributed by atoms with Crippen LogP contribution in [0.25, 0.3) is 0 Å². The van der Waals surface area contributed by atoms with Gasteiger partial charge in [0.15, 0.2) is 0 Å². The van der Waals surface area contributed by atoms with Crippen molar-refractivity contribution in [2.45, 2.75) is 32.1 Å². The third-order valence-corrected chi connectivity index (χ3v) is 4.15. The van der Waals surface area contributed by atoms with Crippen LogP contribution in [0.5, 0.6) is 0 Å². The molecule has 2 heterocycles. The predicted molar refractivity (Wildman–Crippen MR) is 88.1 cm³/mol. The van der Waals surface area contributed by atoms with Crippen molar-refractivity contribution in [3.05, 3.63) is 59.5 Å². The Balaban J connectivity index is 1.53. The van der Waals surface area contributed by atoms with E-state index in [9.17, 15) is 4.39 Å². The van der Waals surface area contributed by atoms with Crippen molar-refractivity contribution in [2.24, 2.45) is 0 Å². The Morgan fingerprint density at radius 2 is 2.17 bits per heavy atom. The minimum absolute atomic E-state index is 0.141. The maximum absolute atomic E-state index is 13.6. The van der Waals surface area contributed by atoms with E-state index in [1.54, 1.807) is 18.3 Å². The maximum atomic E-state index is 13.6. The molecule has 0 amide bonds. The summed E-state index contributed by atoms with van der Waals surface area (Å²) in [6.07, 6.45) is 3.98. The summed E-state index contributed by atoms with van der Waals surface area (Å²) in [4.78, 5) is 6.37. The number of halogens is 1. The first-order valence-electron chi connectivity index (χ1n) is 7.98. The average molecular weight is 315 g/mol. The third kappa shape index (κ3) is 4.50. The van der Waals surface area contributed by atoms with E-state index >= 15 is 0 Å². The summed E-state index contributed by atoms with van der Waals surface area (Å²) in [7, 11) is 0. The van der Waals surface area contributed by atoms with Gasteiger partial charge in [-0.05, 0) is 43.1 Å². The predicted octanol–water partition coefficient (Wildman–Crippen LogP) is 2.98. The fourth-order valence-electron chi connectivity index (χ4n) is 2.97. The number of pyridine rings is 1. The molecule has 122 valence electrons. The normalized spacial score (nSPS) is 18.9. The van der Waals surface area contributed by atoms with Crippen LogP contribution < -0.4 is 5.73 Å². The summed E-state index contributed by atoms with van der Waals surface area (Å²) in [5, 5.41) is 0. The summed E-state index contributed by atoms with van der Waals surface area (Å²) in [6, 6.07) is 10.7. The van der Waals surface area contributed by atoms with E-state index in [1.807, 2.05) is 18.2 Å². The molecule has 0 bridgehead atoms. The van der Waals surface area contributed by atoms with Gasteiger partial charge < -0.3 is 10.5 Å². The van der Waals surface area contributed by atoms with Gasteiger partial charge in [-0.3, -0.25) is 4.90 Å². The third-order valence-electron chi connectivity index (χ3n) is 4.15. The van der Waals surface area contributed by atoms with Crippen LogP contribution >= 0.6 is 0 Å². The highest BCUT2D eigenvalue weighted by atomic mass is 19.1. The van der Waals surface area contributed by atoms with Crippen LogP contribution in [-0.4, -0.2) is 29.1 Å². The molecule has 1 saturated heterocycles. The van der Waals surface area contributed by atoms with Gasteiger partial charge in [0.1, 0.15) is 11.6 Å². The van der Waals surface area contributed by atoms with Gasteiger partial charge in [-0.1, -0.05) is 18.2 Å². The van der Waals surface area contributed by atoms with E-state index in [4.69, 9.17) is 10.5 Å². The van der Waals surface area contributed by atoms with Crippen molar-refractivity contribution < 1.29 is 9.13 Å². The molecule has 1 aliphatic rings. The lowest BCUT2D eigenvalue weighted by atomic mass is 10.1. The van der Waals surface area contributed by atoms with Gasteiger partial charge >= 0.3 is 0 Å². The number of piperidine rings is 1. The van der Waals surface area contributed by atoms with Gasteiger partial charge in [0.25, 0.3) is 0 Å². The molecule has 1 aromatic heterocycles. The lowest BCUT2D eigenvalue weighted by molar-refractivity contribution is -0.0129. The molecular weight excluding hydrogens is 293 g/mol. The number of nitrogen functional groups attached to an aromatic ring is 1. The molecule has 0 unspecified atom stereocenters. The number of hydrogen-bond acceptors (Lipinski definition) is 4. The maximum Gasteiger partial charge on any atom is 0.128 e. The Labute approximate surface area is 136 Å². The summed E-state index contributed by atoms with van der Waals surface area (Å²) in [5.74, 6) is 0.347. The van der Waals surface area contributed by atoms with E-state index in [0.717, 1.165) is 38.0 Å². The molecule has 1 fully saturated rings. The molecule has 5 heteroatoms. The molecule has 0 saturated carbocycles. The Morgan fingerprint density at radius 1 is 1.30 bits per heavy atom. The largest absolute Gasteiger partial charge is 0.384 e. The number of ether oxygens (including phenoxy) is 1. The molecule has 1 aromatic carbocycles. The highest BCUT2D eigenvalue weighted by Gasteiger charge is 2.21. The Morgan fingerprint density at radius 3 is 3.00 bits per heavy atom. The number of likely N-dealkylation sites (tertiary alicyclic amines) is 1. The van der Waals surface area contributed by atoms with Crippen LogP contribution in [0.2, 0.25) is 0 Å². The summed E-state index contributed by atoms with van der Waals surface area (Å²) in [6.45, 7) is 3.07. The summed E-state index contributed by atoms with van der Waals surface area (Å²) in [5.41, 5.74) is 7.50. The van der Waals surface area contributed by atoms with E-state index in [2.05, 4.69) is 9.88 Å². The second kappa shape index (κ2) is 7.53. The first-order valence-corrected chi connectivity index (χ1v) is 7.98. The minimum Gasteiger partial charge on any atom is -0.384 e. The molecule has 1 atom stereocenters. The topological polar surface area (TPSA) is 51.4 Å². The second-order valence-corrected chi connectivity index (χ2v) is 5.99. The number of rotatable bonds is 5. The fourth-order valence-corrected chi connectivity index (χ4v) is 2.97. The molecule has 2 N–H and O–H groups in total. The molecule has 23 heavy (non-hydrogen) atoms. The number of anilines is 1. The van der Waals surface area contributed by atoms with Crippen LogP contribution in [0.4, 0.5) is 10.2 Å². The highest BCUT2D eigenvalue weighted by molar-refractivity contribution is 5.31. The van der Waals surface area contributed by atoms with Crippen molar-refractivity contribution in [2.75, 3.05) is 18.8 Å². The zero-order valence-corrected chi connectivity index (χ0v) is 13.1. The average Bonchev–Trinajstić information content (AvgIpc) is 2.54. The van der Waals surface area contributed by atoms with Crippen LogP contribution in [0.1, 0.15) is 24.0 Å². The Hall–Kier alpha value is -1.98. The fraction of sp³-hybridized carbons (Fsp3) is 0.389. The number of aromatic nitrogens is 1. The molecule has 3 rings (SSSR count). The van der Waals surface area contributed by atoms with Gasteiger partial charge in [-0.15, -0.1) is 0 Å². The quantitative estimate of drug-likeness (QED) is 0.921. The molecule has 4 nitrogen and oxygen atoms in total. The van der Waals surface area contributed by atoms with Crippen LogP contribution in [0.15, 0.2) is 42.6 Å². The zero-order chi connectivity index (χ0) is 16.1. The van der Waals surface area contributed by atoms with Gasteiger partial charge in [0.05, 0.1) is 12.7 Å². The zero-order valence-electron chi connectivity index (χ0n) is 13.1. The number of nitrogens with two attached hydrogens (primary N) is 1. The molecule has 0 spiro atoms. The van der Waals surface area contributed by atoms with Gasteiger partial charge in [0.2, 0.25) is 0 Å². The minimum atomic E-state index is -0.201. The van der Waals surface area contributed by atoms with E-state index in [0.29, 0.717) is 18.0 Å². The monoisotopic (exact) mass is 315 g/mol. The van der Waals surface area contributed by atoms with Crippen LogP contribution in [0.3, 0.4) is 0 Å². The van der Waals surface area contributed by atoms with E-state index in [1.165, 1.54) is 6.07 Å². The first-order chi connectivity index (χ1) is 11.2. The lowest BCUT2D eigenvalue weighted by Gasteiger charge is -2.32. The number of hydrogen-bond donors (Lipinski definition) is 1. The Kier molecular flexibility index (Phi) is 5.20. The van der Waals surface area contributed by atoms with E-state index < -0.39 is 0 Å². The van der Waals surface area contributed by atoms with Gasteiger partial charge in [0, 0.05) is 24.8 Å². The highest BCUT2D eigenvalue weighted by Crippen LogP contribution is 2.18. The standard InChI is InChI=1S/C18H22FN3O/c19-17-6-2-1-4-15(17)13-23-16-5-3-9-22(12-16)11-14-7-8-21-18(20)10-14/h1-2,4,6-8,10,16H,3,5,9,11-13H2,(H2,20,21)/t16-/m0/s1. The number of benzene rings is 1. The SMILES string of the molecule is Nc1cc(CN2CCC[C@H](OCc3ccccc3F)C2)ccn1. The second-order valence-electron chi connectivity index (χ2n) is 5.99. The van der Waals surface area contributed by atoms with Crippen molar-refractivity contribution in [1.29, 1.82) is 0 Å². The number of nitrogens with zero attached hydrogens (tertiary/aromatic N) is 2. The van der Waals surface area contributed by atoms with Crippen molar-refractivity contribution in [3.63, 3.8) is 0 Å². The summed E-state index contributed by atoms with van der Waals surface area (Å²) >= 11 is 0. The van der Waals surface area contributed by atoms with Gasteiger partial charge in [-0.25, -0.2) is 9.37 Å².